The smallest absolute Gasteiger partial charge is 0.356 e. The fourth-order valence-corrected chi connectivity index (χ4v) is 1.37. The summed E-state index contributed by atoms with van der Waals surface area (Å²) in [5.74, 6) is -0.569. The van der Waals surface area contributed by atoms with E-state index in [1.165, 1.54) is 12.4 Å². The van der Waals surface area contributed by atoms with Gasteiger partial charge in [0.15, 0.2) is 5.69 Å². The highest BCUT2D eigenvalue weighted by molar-refractivity contribution is 5.85. The number of nitrogens with one attached hydrogen (secondary N) is 1. The van der Waals surface area contributed by atoms with Crippen molar-refractivity contribution in [1.82, 2.24) is 9.97 Å². The zero-order valence-corrected chi connectivity index (χ0v) is 9.21. The van der Waals surface area contributed by atoms with Gasteiger partial charge in [-0.15, -0.1) is 0 Å². The van der Waals surface area contributed by atoms with E-state index < -0.39 is 5.97 Å². The lowest BCUT2D eigenvalue weighted by atomic mass is 10.2. The number of hydrogen-bond acceptors (Lipinski definition) is 4. The number of anilines is 2. The van der Waals surface area contributed by atoms with Gasteiger partial charge in [0, 0.05) is 5.69 Å². The first-order valence-electron chi connectivity index (χ1n) is 5.04. The van der Waals surface area contributed by atoms with Gasteiger partial charge in [0.25, 0.3) is 0 Å². The molecule has 0 unspecified atom stereocenters. The van der Waals surface area contributed by atoms with Gasteiger partial charge >= 0.3 is 5.97 Å². The van der Waals surface area contributed by atoms with Gasteiger partial charge in [-0.3, -0.25) is 0 Å². The highest BCUT2D eigenvalue weighted by Crippen LogP contribution is 2.14. The monoisotopic (exact) mass is 229 g/mol. The Morgan fingerprint density at radius 3 is 2.71 bits per heavy atom. The molecule has 0 aliphatic rings. The zero-order chi connectivity index (χ0) is 12.3. The van der Waals surface area contributed by atoms with Crippen molar-refractivity contribution in [2.75, 3.05) is 5.32 Å². The number of aryl methyl sites for hydroxylation is 1. The quantitative estimate of drug-likeness (QED) is 0.844. The number of benzene rings is 1. The SMILES string of the molecule is Cc1cccc(Nc2cnc(C(=O)O)cn2)c1. The molecule has 0 amide bonds. The first-order valence-corrected chi connectivity index (χ1v) is 5.04. The molecule has 0 bridgehead atoms. The minimum absolute atomic E-state index is 0.0696. The molecule has 2 rings (SSSR count). The summed E-state index contributed by atoms with van der Waals surface area (Å²) < 4.78 is 0. The summed E-state index contributed by atoms with van der Waals surface area (Å²) in [6, 6.07) is 7.79. The molecule has 86 valence electrons. The molecule has 0 aliphatic carbocycles. The van der Waals surface area contributed by atoms with E-state index in [-0.39, 0.29) is 5.69 Å². The molecule has 0 atom stereocenters. The number of carboxylic acids is 1. The van der Waals surface area contributed by atoms with Crippen molar-refractivity contribution in [3.63, 3.8) is 0 Å². The Morgan fingerprint density at radius 2 is 2.12 bits per heavy atom. The molecule has 2 N–H and O–H groups in total. The van der Waals surface area contributed by atoms with Crippen LogP contribution in [0, 0.1) is 6.92 Å². The van der Waals surface area contributed by atoms with Gasteiger partial charge in [-0.2, -0.15) is 0 Å². The zero-order valence-electron chi connectivity index (χ0n) is 9.21. The van der Waals surface area contributed by atoms with Crippen LogP contribution in [0.4, 0.5) is 11.5 Å². The van der Waals surface area contributed by atoms with Crippen LogP contribution in [-0.4, -0.2) is 21.0 Å². The summed E-state index contributed by atoms with van der Waals surface area (Å²) in [5, 5.41) is 11.7. The minimum atomic E-state index is -1.08. The summed E-state index contributed by atoms with van der Waals surface area (Å²) in [5.41, 5.74) is 1.95. The standard InChI is InChI=1S/C12H11N3O2/c1-8-3-2-4-9(5-8)15-11-7-13-10(6-14-11)12(16)17/h2-7H,1H3,(H,14,15)(H,16,17). The Labute approximate surface area is 98.2 Å². The van der Waals surface area contributed by atoms with Crippen LogP contribution in [0.5, 0.6) is 0 Å². The number of rotatable bonds is 3. The van der Waals surface area contributed by atoms with E-state index in [1.807, 2.05) is 31.2 Å². The predicted molar refractivity (Wildman–Crippen MR) is 63.5 cm³/mol. The third-order valence-corrected chi connectivity index (χ3v) is 2.16. The molecule has 1 aromatic heterocycles. The summed E-state index contributed by atoms with van der Waals surface area (Å²) in [6.07, 6.45) is 2.62. The molecule has 0 fully saturated rings. The van der Waals surface area contributed by atoms with Crippen molar-refractivity contribution >= 4 is 17.5 Å². The van der Waals surface area contributed by atoms with Gasteiger partial charge in [0.2, 0.25) is 0 Å². The van der Waals surface area contributed by atoms with Crippen LogP contribution in [0.3, 0.4) is 0 Å². The average molecular weight is 229 g/mol. The number of hydrogen-bond donors (Lipinski definition) is 2. The molecule has 5 heteroatoms. The average Bonchev–Trinajstić information content (AvgIpc) is 2.29. The molecule has 2 aromatic rings. The van der Waals surface area contributed by atoms with Crippen LogP contribution < -0.4 is 5.32 Å². The maximum Gasteiger partial charge on any atom is 0.356 e. The largest absolute Gasteiger partial charge is 0.476 e. The molecular formula is C12H11N3O2. The Hall–Kier alpha value is -2.43. The van der Waals surface area contributed by atoms with Crippen molar-refractivity contribution in [3.05, 3.63) is 47.9 Å². The van der Waals surface area contributed by atoms with E-state index >= 15 is 0 Å². The second-order valence-electron chi connectivity index (χ2n) is 3.59. The first-order chi connectivity index (χ1) is 8.15. The van der Waals surface area contributed by atoms with Crippen LogP contribution in [0.25, 0.3) is 0 Å². The van der Waals surface area contributed by atoms with E-state index in [4.69, 9.17) is 5.11 Å². The Kier molecular flexibility index (Phi) is 3.00. The van der Waals surface area contributed by atoms with Crippen LogP contribution in [0.15, 0.2) is 36.7 Å². The van der Waals surface area contributed by atoms with E-state index in [9.17, 15) is 4.79 Å². The van der Waals surface area contributed by atoms with Crippen molar-refractivity contribution in [2.24, 2.45) is 0 Å². The normalized spacial score (nSPS) is 9.94. The molecule has 0 saturated heterocycles. The van der Waals surface area contributed by atoms with Gasteiger partial charge in [0.05, 0.1) is 12.4 Å². The topological polar surface area (TPSA) is 75.1 Å². The van der Waals surface area contributed by atoms with Gasteiger partial charge in [-0.05, 0) is 24.6 Å². The molecule has 0 aliphatic heterocycles. The van der Waals surface area contributed by atoms with Crippen LogP contribution in [-0.2, 0) is 0 Å². The molecule has 0 radical (unpaired) electrons. The minimum Gasteiger partial charge on any atom is -0.476 e. The Morgan fingerprint density at radius 1 is 1.29 bits per heavy atom. The number of carboxylic acid groups (broad SMARTS) is 1. The Balaban J connectivity index is 2.16. The van der Waals surface area contributed by atoms with E-state index in [0.29, 0.717) is 5.82 Å². The summed E-state index contributed by atoms with van der Waals surface area (Å²) in [6.45, 7) is 1.99. The molecule has 0 spiro atoms. The molecule has 1 aromatic carbocycles. The van der Waals surface area contributed by atoms with Gasteiger partial charge in [0.1, 0.15) is 5.82 Å². The maximum absolute atomic E-state index is 10.6. The lowest BCUT2D eigenvalue weighted by Gasteiger charge is -2.05. The van der Waals surface area contributed by atoms with E-state index in [2.05, 4.69) is 15.3 Å². The van der Waals surface area contributed by atoms with Crippen molar-refractivity contribution in [2.45, 2.75) is 6.92 Å². The maximum atomic E-state index is 10.6. The van der Waals surface area contributed by atoms with Gasteiger partial charge < -0.3 is 10.4 Å². The number of nitrogens with zero attached hydrogens (tertiary/aromatic N) is 2. The second kappa shape index (κ2) is 4.61. The van der Waals surface area contributed by atoms with E-state index in [0.717, 1.165) is 11.3 Å². The number of carbonyl (C=O) groups is 1. The molecule has 0 saturated carbocycles. The van der Waals surface area contributed by atoms with Gasteiger partial charge in [-0.1, -0.05) is 12.1 Å². The van der Waals surface area contributed by atoms with Crippen LogP contribution >= 0.6 is 0 Å². The second-order valence-corrected chi connectivity index (χ2v) is 3.59. The fraction of sp³-hybridized carbons (Fsp3) is 0.0833. The molecule has 1 heterocycles. The highest BCUT2D eigenvalue weighted by atomic mass is 16.4. The van der Waals surface area contributed by atoms with Crippen LogP contribution in [0.1, 0.15) is 16.1 Å². The number of aromatic nitrogens is 2. The Bertz CT molecular complexity index is 538. The summed E-state index contributed by atoms with van der Waals surface area (Å²) in [4.78, 5) is 18.3. The molecule has 17 heavy (non-hydrogen) atoms. The lowest BCUT2D eigenvalue weighted by Crippen LogP contribution is -2.02. The van der Waals surface area contributed by atoms with Crippen molar-refractivity contribution in [1.29, 1.82) is 0 Å². The van der Waals surface area contributed by atoms with E-state index in [1.54, 1.807) is 0 Å². The first kappa shape index (κ1) is 11.1. The van der Waals surface area contributed by atoms with Crippen molar-refractivity contribution in [3.8, 4) is 0 Å². The van der Waals surface area contributed by atoms with Crippen LogP contribution in [0.2, 0.25) is 0 Å². The predicted octanol–water partition coefficient (Wildman–Crippen LogP) is 2.23. The van der Waals surface area contributed by atoms with Crippen molar-refractivity contribution < 1.29 is 9.90 Å². The number of aromatic carboxylic acids is 1. The molecular weight excluding hydrogens is 218 g/mol. The lowest BCUT2D eigenvalue weighted by molar-refractivity contribution is 0.0690. The highest BCUT2D eigenvalue weighted by Gasteiger charge is 2.04. The summed E-state index contributed by atoms with van der Waals surface area (Å²) in [7, 11) is 0. The summed E-state index contributed by atoms with van der Waals surface area (Å²) >= 11 is 0. The van der Waals surface area contributed by atoms with Gasteiger partial charge in [-0.25, -0.2) is 14.8 Å². The third-order valence-electron chi connectivity index (χ3n) is 2.16. The molecule has 5 nitrogen and oxygen atoms in total. The third kappa shape index (κ3) is 2.78. The fourth-order valence-electron chi connectivity index (χ4n) is 1.37.